The molecule has 1 N–H and O–H groups in total. The van der Waals surface area contributed by atoms with Crippen molar-refractivity contribution in [3.63, 3.8) is 0 Å². The van der Waals surface area contributed by atoms with E-state index in [1.807, 2.05) is 42.5 Å². The van der Waals surface area contributed by atoms with Gasteiger partial charge in [-0.2, -0.15) is 0 Å². The summed E-state index contributed by atoms with van der Waals surface area (Å²) < 4.78 is 11.4. The Morgan fingerprint density at radius 1 is 1.00 bits per heavy atom. The van der Waals surface area contributed by atoms with Gasteiger partial charge in [-0.05, 0) is 38.4 Å². The molecule has 0 aliphatic carbocycles. The van der Waals surface area contributed by atoms with Crippen molar-refractivity contribution in [2.75, 3.05) is 20.6 Å². The molecule has 1 aromatic carbocycles. The molecule has 3 rings (SSSR count). The lowest BCUT2D eigenvalue weighted by atomic mass is 10.2. The summed E-state index contributed by atoms with van der Waals surface area (Å²) in [5, 5.41) is 3.44. The zero-order chi connectivity index (χ0) is 16.1. The molecule has 3 aromatic rings. The fourth-order valence-electron chi connectivity index (χ4n) is 2.58. The van der Waals surface area contributed by atoms with Crippen LogP contribution in [0.5, 0.6) is 0 Å². The monoisotopic (exact) mass is 310 g/mol. The highest BCUT2D eigenvalue weighted by Crippen LogP contribution is 2.22. The lowest BCUT2D eigenvalue weighted by molar-refractivity contribution is 0.248. The Morgan fingerprint density at radius 3 is 2.52 bits per heavy atom. The highest BCUT2D eigenvalue weighted by atomic mass is 16.3. The predicted octanol–water partition coefficient (Wildman–Crippen LogP) is 3.93. The number of benzene rings is 1. The van der Waals surface area contributed by atoms with Gasteiger partial charge < -0.3 is 14.2 Å². The summed E-state index contributed by atoms with van der Waals surface area (Å²) >= 11 is 0. The predicted molar refractivity (Wildman–Crippen MR) is 91.0 cm³/mol. The maximum Gasteiger partial charge on any atom is 0.134 e. The van der Waals surface area contributed by atoms with Crippen molar-refractivity contribution in [1.82, 2.24) is 10.2 Å². The number of nitrogens with one attached hydrogen (secondary N) is 1. The van der Waals surface area contributed by atoms with Crippen LogP contribution in [0.25, 0.3) is 11.3 Å². The highest BCUT2D eigenvalue weighted by Gasteiger charge is 2.16. The largest absolute Gasteiger partial charge is 0.468 e. The lowest BCUT2D eigenvalue weighted by Crippen LogP contribution is -2.30. The number of likely N-dealkylation sites (N-methyl/N-ethyl adjacent to an activating group) is 1. The summed E-state index contributed by atoms with van der Waals surface area (Å²) in [5.74, 6) is 2.80. The van der Waals surface area contributed by atoms with Crippen molar-refractivity contribution in [2.24, 2.45) is 0 Å². The molecule has 120 valence electrons. The molecule has 0 fully saturated rings. The Morgan fingerprint density at radius 2 is 1.83 bits per heavy atom. The fraction of sp³-hybridized carbons (Fsp3) is 0.263. The van der Waals surface area contributed by atoms with Crippen molar-refractivity contribution in [1.29, 1.82) is 0 Å². The smallest absolute Gasteiger partial charge is 0.134 e. The molecular formula is C19H22N2O2. The van der Waals surface area contributed by atoms with Crippen LogP contribution in [-0.4, -0.2) is 25.5 Å². The normalized spacial score (nSPS) is 12.7. The van der Waals surface area contributed by atoms with Crippen LogP contribution in [0, 0.1) is 0 Å². The molecule has 2 aromatic heterocycles. The van der Waals surface area contributed by atoms with Gasteiger partial charge in [-0.15, -0.1) is 0 Å². The maximum absolute atomic E-state index is 5.90. The quantitative estimate of drug-likeness (QED) is 0.718. The third-order valence-corrected chi connectivity index (χ3v) is 3.85. The van der Waals surface area contributed by atoms with E-state index < -0.39 is 0 Å². The van der Waals surface area contributed by atoms with Crippen LogP contribution in [0.15, 0.2) is 69.7 Å². The SMILES string of the molecule is CN(C)C(CNCc1ccc(-c2ccccc2)o1)c1ccco1. The Bertz CT molecular complexity index is 702. The summed E-state index contributed by atoms with van der Waals surface area (Å²) in [4.78, 5) is 2.14. The molecule has 0 saturated heterocycles. The standard InChI is InChI=1S/C19H22N2O2/c1-21(2)17(19-9-6-12-22-19)14-20-13-16-10-11-18(23-16)15-7-4-3-5-8-15/h3-12,17,20H,13-14H2,1-2H3. The summed E-state index contributed by atoms with van der Waals surface area (Å²) in [5.41, 5.74) is 1.10. The summed E-state index contributed by atoms with van der Waals surface area (Å²) in [7, 11) is 4.10. The van der Waals surface area contributed by atoms with Gasteiger partial charge in [0.25, 0.3) is 0 Å². The Labute approximate surface area is 136 Å². The second-order valence-corrected chi connectivity index (χ2v) is 5.76. The number of nitrogens with zero attached hydrogens (tertiary/aromatic N) is 1. The van der Waals surface area contributed by atoms with E-state index in [-0.39, 0.29) is 6.04 Å². The summed E-state index contributed by atoms with van der Waals surface area (Å²) in [6.45, 7) is 1.49. The number of furan rings is 2. The van der Waals surface area contributed by atoms with Gasteiger partial charge in [0.2, 0.25) is 0 Å². The molecule has 0 amide bonds. The van der Waals surface area contributed by atoms with Crippen LogP contribution in [0.1, 0.15) is 17.6 Å². The first-order valence-electron chi connectivity index (χ1n) is 7.78. The third kappa shape index (κ3) is 3.92. The van der Waals surface area contributed by atoms with Crippen LogP contribution in [0.3, 0.4) is 0 Å². The first-order chi connectivity index (χ1) is 11.2. The topological polar surface area (TPSA) is 41.5 Å². The second kappa shape index (κ2) is 7.31. The summed E-state index contributed by atoms with van der Waals surface area (Å²) in [6, 6.07) is 18.3. The van der Waals surface area contributed by atoms with Gasteiger partial charge in [-0.1, -0.05) is 30.3 Å². The van der Waals surface area contributed by atoms with Crippen LogP contribution < -0.4 is 5.32 Å². The first kappa shape index (κ1) is 15.6. The molecule has 2 heterocycles. The molecular weight excluding hydrogens is 288 g/mol. The molecule has 0 radical (unpaired) electrons. The second-order valence-electron chi connectivity index (χ2n) is 5.76. The molecule has 1 atom stereocenters. The van der Waals surface area contributed by atoms with Gasteiger partial charge in [-0.25, -0.2) is 0 Å². The van der Waals surface area contributed by atoms with E-state index in [1.165, 1.54) is 0 Å². The molecule has 0 saturated carbocycles. The zero-order valence-corrected chi connectivity index (χ0v) is 13.5. The minimum Gasteiger partial charge on any atom is -0.468 e. The van der Waals surface area contributed by atoms with E-state index in [2.05, 4.69) is 36.4 Å². The number of rotatable bonds is 7. The minimum atomic E-state index is 0.202. The van der Waals surface area contributed by atoms with Gasteiger partial charge >= 0.3 is 0 Å². The first-order valence-corrected chi connectivity index (χ1v) is 7.78. The van der Waals surface area contributed by atoms with Gasteiger partial charge in [-0.3, -0.25) is 4.90 Å². The average molecular weight is 310 g/mol. The Kier molecular flexibility index (Phi) is 4.95. The molecule has 23 heavy (non-hydrogen) atoms. The molecule has 4 heteroatoms. The number of hydrogen-bond acceptors (Lipinski definition) is 4. The van der Waals surface area contributed by atoms with Gasteiger partial charge in [0.05, 0.1) is 18.8 Å². The molecule has 0 aliphatic heterocycles. The molecule has 4 nitrogen and oxygen atoms in total. The van der Waals surface area contributed by atoms with Crippen molar-refractivity contribution in [3.05, 3.63) is 72.4 Å². The van der Waals surface area contributed by atoms with Gasteiger partial charge in [0.1, 0.15) is 17.3 Å². The van der Waals surface area contributed by atoms with Crippen LogP contribution in [0.4, 0.5) is 0 Å². The average Bonchev–Trinajstić information content (AvgIpc) is 3.24. The Hall–Kier alpha value is -2.30. The van der Waals surface area contributed by atoms with Crippen LogP contribution >= 0.6 is 0 Å². The Balaban J connectivity index is 1.57. The van der Waals surface area contributed by atoms with E-state index >= 15 is 0 Å². The van der Waals surface area contributed by atoms with E-state index in [0.717, 1.165) is 29.4 Å². The summed E-state index contributed by atoms with van der Waals surface area (Å²) in [6.07, 6.45) is 1.71. The van der Waals surface area contributed by atoms with Crippen LogP contribution in [0.2, 0.25) is 0 Å². The van der Waals surface area contributed by atoms with Crippen molar-refractivity contribution in [2.45, 2.75) is 12.6 Å². The van der Waals surface area contributed by atoms with Crippen LogP contribution in [-0.2, 0) is 6.54 Å². The number of hydrogen-bond donors (Lipinski definition) is 1. The van der Waals surface area contributed by atoms with Gasteiger partial charge in [0, 0.05) is 12.1 Å². The molecule has 1 unspecified atom stereocenters. The third-order valence-electron chi connectivity index (χ3n) is 3.85. The van der Waals surface area contributed by atoms with E-state index in [4.69, 9.17) is 8.83 Å². The van der Waals surface area contributed by atoms with Crippen molar-refractivity contribution >= 4 is 0 Å². The van der Waals surface area contributed by atoms with E-state index in [1.54, 1.807) is 6.26 Å². The van der Waals surface area contributed by atoms with Gasteiger partial charge in [0.15, 0.2) is 0 Å². The zero-order valence-electron chi connectivity index (χ0n) is 13.5. The fourth-order valence-corrected chi connectivity index (χ4v) is 2.58. The van der Waals surface area contributed by atoms with E-state index in [9.17, 15) is 0 Å². The molecule has 0 aliphatic rings. The molecule has 0 spiro atoms. The van der Waals surface area contributed by atoms with Crippen molar-refractivity contribution in [3.8, 4) is 11.3 Å². The minimum absolute atomic E-state index is 0.202. The van der Waals surface area contributed by atoms with Crippen molar-refractivity contribution < 1.29 is 8.83 Å². The highest BCUT2D eigenvalue weighted by molar-refractivity contribution is 5.57. The van der Waals surface area contributed by atoms with E-state index in [0.29, 0.717) is 6.54 Å². The molecule has 0 bridgehead atoms. The lowest BCUT2D eigenvalue weighted by Gasteiger charge is -2.22. The maximum atomic E-state index is 5.90.